The Morgan fingerprint density at radius 3 is 2.58 bits per heavy atom. The largest absolute Gasteiger partial charge is 0.477 e. The van der Waals surface area contributed by atoms with Gasteiger partial charge in [-0.25, -0.2) is 4.79 Å². The maximum Gasteiger partial charge on any atom is 0.345 e. The highest BCUT2D eigenvalue weighted by atomic mass is 32.1. The molecule has 0 radical (unpaired) electrons. The first-order valence-corrected chi connectivity index (χ1v) is 8.20. The fourth-order valence-electron chi connectivity index (χ4n) is 2.38. The van der Waals surface area contributed by atoms with Crippen LogP contribution in [0.2, 0.25) is 0 Å². The summed E-state index contributed by atoms with van der Waals surface area (Å²) < 4.78 is 10.7. The molecule has 0 fully saturated rings. The third kappa shape index (κ3) is 3.21. The summed E-state index contributed by atoms with van der Waals surface area (Å²) in [6, 6.07) is 8.69. The van der Waals surface area contributed by atoms with Crippen molar-refractivity contribution in [2.75, 3.05) is 13.3 Å². The van der Waals surface area contributed by atoms with Gasteiger partial charge < -0.3 is 19.9 Å². The number of carboxylic acid groups (broad SMARTS) is 1. The third-order valence-electron chi connectivity index (χ3n) is 3.89. The van der Waals surface area contributed by atoms with Gasteiger partial charge in [-0.3, -0.25) is 4.79 Å². The van der Waals surface area contributed by atoms with Crippen molar-refractivity contribution in [1.82, 2.24) is 5.32 Å². The summed E-state index contributed by atoms with van der Waals surface area (Å²) in [5.74, 6) is 0.121. The van der Waals surface area contributed by atoms with E-state index < -0.39 is 5.97 Å². The van der Waals surface area contributed by atoms with Crippen molar-refractivity contribution in [3.63, 3.8) is 0 Å². The van der Waals surface area contributed by atoms with Crippen LogP contribution < -0.4 is 14.8 Å². The molecule has 0 unspecified atom stereocenters. The summed E-state index contributed by atoms with van der Waals surface area (Å²) in [6.07, 6.45) is 0. The Hall–Kier alpha value is -2.54. The molecule has 0 saturated carbocycles. The molecule has 0 aliphatic carbocycles. The molecule has 2 heterocycles. The lowest BCUT2D eigenvalue weighted by atomic mass is 9.84. The van der Waals surface area contributed by atoms with E-state index in [1.54, 1.807) is 0 Å². The molecular weight excluding hydrogens is 330 g/mol. The van der Waals surface area contributed by atoms with Crippen LogP contribution in [0.4, 0.5) is 0 Å². The number of benzene rings is 1. The summed E-state index contributed by atoms with van der Waals surface area (Å²) >= 11 is 0.964. The standard InChI is InChI=1S/C17H17NO5S/c1-17(2,10-3-4-11-12(7-10)23-9-22-11)8-18-15(19)13-5-6-14(24-13)16(20)21/h3-7H,8-9H2,1-2H3,(H,18,19)(H,20,21). The van der Waals surface area contributed by atoms with Crippen molar-refractivity contribution in [1.29, 1.82) is 0 Å². The highest BCUT2D eigenvalue weighted by molar-refractivity contribution is 7.15. The van der Waals surface area contributed by atoms with Crippen molar-refractivity contribution in [2.45, 2.75) is 19.3 Å². The van der Waals surface area contributed by atoms with Crippen LogP contribution in [0.15, 0.2) is 30.3 Å². The second kappa shape index (κ2) is 6.16. The van der Waals surface area contributed by atoms with Crippen LogP contribution in [0.3, 0.4) is 0 Å². The van der Waals surface area contributed by atoms with Crippen LogP contribution in [0.1, 0.15) is 38.8 Å². The van der Waals surface area contributed by atoms with Gasteiger partial charge >= 0.3 is 5.97 Å². The summed E-state index contributed by atoms with van der Waals surface area (Å²) in [7, 11) is 0. The molecule has 2 aromatic rings. The van der Waals surface area contributed by atoms with Crippen molar-refractivity contribution in [3.8, 4) is 11.5 Å². The number of hydrogen-bond acceptors (Lipinski definition) is 5. The Morgan fingerprint density at radius 1 is 1.17 bits per heavy atom. The van der Waals surface area contributed by atoms with E-state index >= 15 is 0 Å². The topological polar surface area (TPSA) is 84.9 Å². The van der Waals surface area contributed by atoms with Crippen LogP contribution in [0.25, 0.3) is 0 Å². The van der Waals surface area contributed by atoms with Gasteiger partial charge in [-0.1, -0.05) is 19.9 Å². The highest BCUT2D eigenvalue weighted by Crippen LogP contribution is 2.36. The van der Waals surface area contributed by atoms with E-state index in [1.807, 2.05) is 32.0 Å². The zero-order valence-electron chi connectivity index (χ0n) is 13.3. The molecule has 1 aromatic heterocycles. The second-order valence-electron chi connectivity index (χ2n) is 6.10. The number of hydrogen-bond donors (Lipinski definition) is 2. The molecular formula is C17H17NO5S. The Balaban J connectivity index is 1.68. The molecule has 2 N–H and O–H groups in total. The van der Waals surface area contributed by atoms with E-state index in [9.17, 15) is 9.59 Å². The van der Waals surface area contributed by atoms with Gasteiger partial charge in [0, 0.05) is 12.0 Å². The van der Waals surface area contributed by atoms with Gasteiger partial charge in [0.2, 0.25) is 6.79 Å². The fraction of sp³-hybridized carbons (Fsp3) is 0.294. The quantitative estimate of drug-likeness (QED) is 0.869. The maximum atomic E-state index is 12.2. The number of carbonyl (C=O) groups is 2. The van der Waals surface area contributed by atoms with E-state index in [2.05, 4.69) is 5.32 Å². The van der Waals surface area contributed by atoms with Crippen LogP contribution in [-0.2, 0) is 5.41 Å². The zero-order valence-corrected chi connectivity index (χ0v) is 14.1. The average molecular weight is 347 g/mol. The van der Waals surface area contributed by atoms with Crippen molar-refractivity contribution < 1.29 is 24.2 Å². The maximum absolute atomic E-state index is 12.2. The van der Waals surface area contributed by atoms with E-state index in [-0.39, 0.29) is 23.0 Å². The lowest BCUT2D eigenvalue weighted by Crippen LogP contribution is -2.36. The average Bonchev–Trinajstić information content (AvgIpc) is 3.20. The van der Waals surface area contributed by atoms with Crippen LogP contribution in [-0.4, -0.2) is 30.3 Å². The van der Waals surface area contributed by atoms with Crippen molar-refractivity contribution in [3.05, 3.63) is 45.6 Å². The van der Waals surface area contributed by atoms with Gasteiger partial charge in [-0.2, -0.15) is 0 Å². The molecule has 24 heavy (non-hydrogen) atoms. The number of carboxylic acids is 1. The molecule has 126 valence electrons. The van der Waals surface area contributed by atoms with Crippen LogP contribution in [0, 0.1) is 0 Å². The normalized spacial score (nSPS) is 12.9. The van der Waals surface area contributed by atoms with Gasteiger partial charge in [0.05, 0.1) is 4.88 Å². The SMILES string of the molecule is CC(C)(CNC(=O)c1ccc(C(=O)O)s1)c1ccc2c(c1)OCO2. The molecule has 0 atom stereocenters. The Bertz CT molecular complexity index is 796. The minimum atomic E-state index is -1.03. The van der Waals surface area contributed by atoms with E-state index in [4.69, 9.17) is 14.6 Å². The molecule has 1 aromatic carbocycles. The number of amides is 1. The first kappa shape index (κ1) is 16.3. The lowest BCUT2D eigenvalue weighted by molar-refractivity contribution is 0.0702. The first-order chi connectivity index (χ1) is 11.4. The molecule has 1 amide bonds. The van der Waals surface area contributed by atoms with E-state index in [0.29, 0.717) is 17.2 Å². The van der Waals surface area contributed by atoms with Gasteiger partial charge in [0.15, 0.2) is 11.5 Å². The summed E-state index contributed by atoms with van der Waals surface area (Å²) in [4.78, 5) is 23.6. The first-order valence-electron chi connectivity index (χ1n) is 7.38. The fourth-order valence-corrected chi connectivity index (χ4v) is 3.14. The number of ether oxygens (including phenoxy) is 2. The Kier molecular flexibility index (Phi) is 4.19. The summed E-state index contributed by atoms with van der Waals surface area (Å²) in [5.41, 5.74) is 0.702. The number of fused-ring (bicyclic) bond motifs is 1. The summed E-state index contributed by atoms with van der Waals surface area (Å²) in [6.45, 7) is 4.66. The smallest absolute Gasteiger partial charge is 0.345 e. The third-order valence-corrected chi connectivity index (χ3v) is 4.96. The molecule has 0 spiro atoms. The zero-order chi connectivity index (χ0) is 17.3. The van der Waals surface area contributed by atoms with Crippen molar-refractivity contribution in [2.24, 2.45) is 0 Å². The van der Waals surface area contributed by atoms with Crippen LogP contribution in [0.5, 0.6) is 11.5 Å². The Labute approximate surface area is 143 Å². The predicted molar refractivity (Wildman–Crippen MR) is 89.2 cm³/mol. The molecule has 1 aliphatic heterocycles. The van der Waals surface area contributed by atoms with E-state index in [0.717, 1.165) is 22.6 Å². The number of carbonyl (C=O) groups excluding carboxylic acids is 1. The van der Waals surface area contributed by atoms with Gasteiger partial charge in [-0.05, 0) is 29.8 Å². The second-order valence-corrected chi connectivity index (χ2v) is 7.19. The number of thiophene rings is 1. The molecule has 3 rings (SSSR count). The highest BCUT2D eigenvalue weighted by Gasteiger charge is 2.25. The van der Waals surface area contributed by atoms with E-state index in [1.165, 1.54) is 12.1 Å². The van der Waals surface area contributed by atoms with Gasteiger partial charge in [-0.15, -0.1) is 11.3 Å². The lowest BCUT2D eigenvalue weighted by Gasteiger charge is -2.25. The van der Waals surface area contributed by atoms with Gasteiger partial charge in [0.25, 0.3) is 5.91 Å². The summed E-state index contributed by atoms with van der Waals surface area (Å²) in [5, 5.41) is 11.8. The molecule has 0 saturated heterocycles. The number of rotatable bonds is 5. The molecule has 6 nitrogen and oxygen atoms in total. The Morgan fingerprint density at radius 2 is 1.88 bits per heavy atom. The van der Waals surface area contributed by atoms with Gasteiger partial charge in [0.1, 0.15) is 4.88 Å². The number of nitrogens with one attached hydrogen (secondary N) is 1. The number of aromatic carboxylic acids is 1. The van der Waals surface area contributed by atoms with Crippen LogP contribution >= 0.6 is 11.3 Å². The van der Waals surface area contributed by atoms with Crippen molar-refractivity contribution >= 4 is 23.2 Å². The monoisotopic (exact) mass is 347 g/mol. The minimum Gasteiger partial charge on any atom is -0.477 e. The predicted octanol–water partition coefficient (Wildman–Crippen LogP) is 2.88. The molecule has 7 heteroatoms. The minimum absolute atomic E-state index is 0.148. The molecule has 0 bridgehead atoms. The molecule has 1 aliphatic rings.